The van der Waals surface area contributed by atoms with Gasteiger partial charge in [-0.2, -0.15) is 0 Å². The third-order valence-electron chi connectivity index (χ3n) is 5.51. The minimum Gasteiger partial charge on any atom is -0.484 e. The molecule has 2 heterocycles. The number of likely N-dealkylation sites (tertiary alicyclic amines) is 1. The molecule has 0 unspecified atom stereocenters. The van der Waals surface area contributed by atoms with Gasteiger partial charge in [0.05, 0.1) is 0 Å². The van der Waals surface area contributed by atoms with Crippen molar-refractivity contribution in [1.82, 2.24) is 4.90 Å². The lowest BCUT2D eigenvalue weighted by Crippen LogP contribution is -2.35. The van der Waals surface area contributed by atoms with E-state index in [1.54, 1.807) is 15.9 Å². The number of carbonyl (C=O) groups excluding carboxylic acids is 2. The van der Waals surface area contributed by atoms with Gasteiger partial charge >= 0.3 is 0 Å². The highest BCUT2D eigenvalue weighted by Gasteiger charge is 2.33. The standard InChI is InChI=1S/C22H25N3O3.ClH/c23-20-14-24(13-19(20)16-6-2-1-3-7-16)22(27)15-28-18-9-4-8-17(12-18)25-11-5-10-21(25)26;/h1-4,6-9,12,19-20H,5,10-11,13-15,23H2;1H/t19-,20+;/m0./s1. The van der Waals surface area contributed by atoms with Crippen LogP contribution in [0.15, 0.2) is 54.6 Å². The number of benzene rings is 2. The molecule has 154 valence electrons. The molecule has 2 fully saturated rings. The molecule has 2 aliphatic rings. The van der Waals surface area contributed by atoms with Crippen LogP contribution in [0.3, 0.4) is 0 Å². The third kappa shape index (κ3) is 4.71. The smallest absolute Gasteiger partial charge is 0.260 e. The summed E-state index contributed by atoms with van der Waals surface area (Å²) in [7, 11) is 0. The number of ether oxygens (including phenoxy) is 1. The zero-order valence-electron chi connectivity index (χ0n) is 16.2. The summed E-state index contributed by atoms with van der Waals surface area (Å²) in [6, 6.07) is 17.4. The highest BCUT2D eigenvalue weighted by molar-refractivity contribution is 5.95. The minimum atomic E-state index is -0.0733. The number of amides is 2. The monoisotopic (exact) mass is 415 g/mol. The Morgan fingerprint density at radius 1 is 1.10 bits per heavy atom. The zero-order valence-corrected chi connectivity index (χ0v) is 17.0. The van der Waals surface area contributed by atoms with Gasteiger partial charge < -0.3 is 20.3 Å². The number of hydrogen-bond acceptors (Lipinski definition) is 4. The van der Waals surface area contributed by atoms with Crippen molar-refractivity contribution in [1.29, 1.82) is 0 Å². The lowest BCUT2D eigenvalue weighted by Gasteiger charge is -2.18. The van der Waals surface area contributed by atoms with Crippen molar-refractivity contribution in [3.8, 4) is 5.75 Å². The maximum absolute atomic E-state index is 12.6. The molecule has 7 heteroatoms. The molecule has 0 bridgehead atoms. The molecular formula is C22H26ClN3O3. The number of anilines is 1. The molecule has 2 amide bonds. The molecule has 0 spiro atoms. The molecule has 6 nitrogen and oxygen atoms in total. The van der Waals surface area contributed by atoms with Gasteiger partial charge in [0.2, 0.25) is 5.91 Å². The van der Waals surface area contributed by atoms with E-state index >= 15 is 0 Å². The predicted molar refractivity (Wildman–Crippen MR) is 115 cm³/mol. The van der Waals surface area contributed by atoms with Gasteiger partial charge in [-0.05, 0) is 24.1 Å². The van der Waals surface area contributed by atoms with Crippen LogP contribution in [-0.4, -0.2) is 49.0 Å². The van der Waals surface area contributed by atoms with E-state index in [0.717, 1.165) is 24.2 Å². The van der Waals surface area contributed by atoms with Crippen LogP contribution in [0.2, 0.25) is 0 Å². The summed E-state index contributed by atoms with van der Waals surface area (Å²) in [5.41, 5.74) is 8.26. The van der Waals surface area contributed by atoms with Crippen LogP contribution in [0.25, 0.3) is 0 Å². The molecule has 0 saturated carbocycles. The molecule has 2 aliphatic heterocycles. The van der Waals surface area contributed by atoms with Gasteiger partial charge in [0.15, 0.2) is 6.61 Å². The molecule has 0 aliphatic carbocycles. The molecule has 0 aromatic heterocycles. The maximum Gasteiger partial charge on any atom is 0.260 e. The molecule has 2 saturated heterocycles. The lowest BCUT2D eigenvalue weighted by atomic mass is 9.95. The fraction of sp³-hybridized carbons (Fsp3) is 0.364. The topological polar surface area (TPSA) is 75.9 Å². The second-order valence-corrected chi connectivity index (χ2v) is 7.41. The lowest BCUT2D eigenvalue weighted by molar-refractivity contribution is -0.132. The fourth-order valence-electron chi connectivity index (χ4n) is 3.98. The van der Waals surface area contributed by atoms with Gasteiger partial charge in [0.1, 0.15) is 5.75 Å². The Morgan fingerprint density at radius 2 is 1.90 bits per heavy atom. The number of rotatable bonds is 5. The Kier molecular flexibility index (Phi) is 6.77. The van der Waals surface area contributed by atoms with Gasteiger partial charge in [0.25, 0.3) is 5.91 Å². The van der Waals surface area contributed by atoms with Gasteiger partial charge in [-0.1, -0.05) is 36.4 Å². The number of hydrogen-bond donors (Lipinski definition) is 1. The number of halogens is 1. The number of carbonyl (C=O) groups is 2. The Bertz CT molecular complexity index is 861. The first kappa shape index (κ1) is 21.1. The predicted octanol–water partition coefficient (Wildman–Crippen LogP) is 2.57. The van der Waals surface area contributed by atoms with Crippen molar-refractivity contribution in [2.75, 3.05) is 31.1 Å². The molecule has 2 N–H and O–H groups in total. The average molecular weight is 416 g/mol. The Hall–Kier alpha value is -2.57. The molecule has 0 radical (unpaired) electrons. The summed E-state index contributed by atoms with van der Waals surface area (Å²) in [4.78, 5) is 28.1. The van der Waals surface area contributed by atoms with Crippen molar-refractivity contribution in [2.45, 2.75) is 24.8 Å². The van der Waals surface area contributed by atoms with E-state index in [1.165, 1.54) is 0 Å². The maximum atomic E-state index is 12.6. The van der Waals surface area contributed by atoms with Gasteiger partial charge in [0, 0.05) is 49.8 Å². The zero-order chi connectivity index (χ0) is 19.5. The van der Waals surface area contributed by atoms with Crippen molar-refractivity contribution in [2.24, 2.45) is 5.73 Å². The van der Waals surface area contributed by atoms with Crippen molar-refractivity contribution >= 4 is 29.9 Å². The highest BCUT2D eigenvalue weighted by atomic mass is 35.5. The van der Waals surface area contributed by atoms with Gasteiger partial charge in [-0.25, -0.2) is 0 Å². The Labute approximate surface area is 177 Å². The highest BCUT2D eigenvalue weighted by Crippen LogP contribution is 2.27. The van der Waals surface area contributed by atoms with Crippen LogP contribution in [0.4, 0.5) is 5.69 Å². The molecule has 4 rings (SSSR count). The summed E-state index contributed by atoms with van der Waals surface area (Å²) in [6.45, 7) is 1.83. The molecule has 2 aromatic carbocycles. The summed E-state index contributed by atoms with van der Waals surface area (Å²) in [5, 5.41) is 0. The van der Waals surface area contributed by atoms with Crippen LogP contribution in [0, 0.1) is 0 Å². The quantitative estimate of drug-likeness (QED) is 0.814. The number of nitrogens with two attached hydrogens (primary N) is 1. The second kappa shape index (κ2) is 9.29. The largest absolute Gasteiger partial charge is 0.484 e. The fourth-order valence-corrected chi connectivity index (χ4v) is 3.98. The van der Waals surface area contributed by atoms with Gasteiger partial charge in [-0.15, -0.1) is 12.4 Å². The summed E-state index contributed by atoms with van der Waals surface area (Å²) in [6.07, 6.45) is 1.46. The Morgan fingerprint density at radius 3 is 2.62 bits per heavy atom. The van der Waals surface area contributed by atoms with E-state index in [2.05, 4.69) is 12.1 Å². The first-order valence-electron chi connectivity index (χ1n) is 9.73. The first-order chi connectivity index (χ1) is 13.6. The minimum absolute atomic E-state index is 0. The van der Waals surface area contributed by atoms with Crippen LogP contribution >= 0.6 is 12.4 Å². The first-order valence-corrected chi connectivity index (χ1v) is 9.73. The van der Waals surface area contributed by atoms with Crippen LogP contribution in [-0.2, 0) is 9.59 Å². The summed E-state index contributed by atoms with van der Waals surface area (Å²) >= 11 is 0. The van der Waals surface area contributed by atoms with E-state index in [9.17, 15) is 9.59 Å². The normalized spacial score (nSPS) is 21.2. The van der Waals surface area contributed by atoms with Crippen molar-refractivity contribution in [3.63, 3.8) is 0 Å². The molecule has 2 atom stereocenters. The van der Waals surface area contributed by atoms with E-state index in [0.29, 0.717) is 25.3 Å². The van der Waals surface area contributed by atoms with Crippen molar-refractivity contribution < 1.29 is 14.3 Å². The van der Waals surface area contributed by atoms with Crippen molar-refractivity contribution in [3.05, 3.63) is 60.2 Å². The molecule has 29 heavy (non-hydrogen) atoms. The van der Waals surface area contributed by atoms with E-state index in [4.69, 9.17) is 10.5 Å². The van der Waals surface area contributed by atoms with Crippen LogP contribution < -0.4 is 15.4 Å². The second-order valence-electron chi connectivity index (χ2n) is 7.41. The van der Waals surface area contributed by atoms with Crippen LogP contribution in [0.5, 0.6) is 5.75 Å². The molecule has 2 aromatic rings. The van der Waals surface area contributed by atoms with Gasteiger partial charge in [-0.3, -0.25) is 9.59 Å². The van der Waals surface area contributed by atoms with Crippen LogP contribution in [0.1, 0.15) is 24.3 Å². The van der Waals surface area contributed by atoms with E-state index < -0.39 is 0 Å². The van der Waals surface area contributed by atoms with E-state index in [1.807, 2.05) is 36.4 Å². The summed E-state index contributed by atoms with van der Waals surface area (Å²) in [5.74, 6) is 0.797. The average Bonchev–Trinajstić information content (AvgIpc) is 3.32. The molecular weight excluding hydrogens is 390 g/mol. The Balaban J connectivity index is 0.00000240. The SMILES string of the molecule is Cl.N[C@@H]1CN(C(=O)COc2cccc(N3CCCC3=O)c2)C[C@H]1c1ccccc1. The summed E-state index contributed by atoms with van der Waals surface area (Å²) < 4.78 is 5.72. The number of nitrogens with zero attached hydrogens (tertiary/aromatic N) is 2. The third-order valence-corrected chi connectivity index (χ3v) is 5.51. The van der Waals surface area contributed by atoms with E-state index in [-0.39, 0.29) is 42.8 Å².